The smallest absolute Gasteiger partial charge is 0.0860 e. The fourth-order valence-electron chi connectivity index (χ4n) is 0.351. The van der Waals surface area contributed by atoms with Crippen molar-refractivity contribution in [2.75, 3.05) is 0 Å². The number of hydrogen-bond donors (Lipinski definition) is 0. The van der Waals surface area contributed by atoms with Crippen molar-refractivity contribution in [3.05, 3.63) is 36.7 Å². The normalized spacial score (nSPS) is 19.0. The molecule has 1 rings (SSSR count). The number of azo groups is 1. The van der Waals surface area contributed by atoms with Crippen LogP contribution in [0, 0.1) is 0 Å². The second-order valence-electron chi connectivity index (χ2n) is 1.24. The summed E-state index contributed by atoms with van der Waals surface area (Å²) in [5.41, 5.74) is 0. The van der Waals surface area contributed by atoms with Crippen LogP contribution in [0.1, 0.15) is 1.37 Å². The third-order valence-electron chi connectivity index (χ3n) is 0.661. The van der Waals surface area contributed by atoms with E-state index in [1.165, 1.54) is 6.20 Å². The molecule has 0 amide bonds. The van der Waals surface area contributed by atoms with Crippen LogP contribution in [0.15, 0.2) is 46.9 Å². The van der Waals surface area contributed by atoms with Crippen molar-refractivity contribution in [3.8, 4) is 0 Å². The largest absolute Gasteiger partial charge is 0.159 e. The van der Waals surface area contributed by atoms with Crippen LogP contribution in [0.25, 0.3) is 0 Å². The molecule has 2 heteroatoms. The Balaban J connectivity index is 2.77. The molecule has 0 atom stereocenters. The van der Waals surface area contributed by atoms with Crippen LogP contribution in [0.4, 0.5) is 0 Å². The van der Waals surface area contributed by atoms with Gasteiger partial charge in [0.2, 0.25) is 0 Å². The monoisotopic (exact) mass is 107 g/mol. The first-order valence-corrected chi connectivity index (χ1v) is 2.30. The first-order valence-electron chi connectivity index (χ1n) is 2.80. The highest BCUT2D eigenvalue weighted by Gasteiger charge is 1.66. The minimum Gasteiger partial charge on any atom is -0.159 e. The summed E-state index contributed by atoms with van der Waals surface area (Å²) in [6.07, 6.45) is 8.59. The van der Waals surface area contributed by atoms with Gasteiger partial charge in [-0.05, 0) is 12.2 Å². The van der Waals surface area contributed by atoms with Crippen LogP contribution in [0.5, 0.6) is 0 Å². The third-order valence-corrected chi connectivity index (χ3v) is 0.661. The lowest BCUT2D eigenvalue weighted by atomic mass is 10.4. The Labute approximate surface area is 49.3 Å². The van der Waals surface area contributed by atoms with Gasteiger partial charge in [0.05, 0.1) is 1.37 Å². The molecule has 8 heavy (non-hydrogen) atoms. The Hall–Kier alpha value is -1.18. The summed E-state index contributed by atoms with van der Waals surface area (Å²) in [5.74, 6) is 0. The molecule has 0 N–H and O–H groups in total. The molecule has 0 saturated heterocycles. The highest BCUT2D eigenvalue weighted by Crippen LogP contribution is 1.87. The molecule has 0 aromatic rings. The topological polar surface area (TPSA) is 24.7 Å². The van der Waals surface area contributed by atoms with Gasteiger partial charge in [-0.2, -0.15) is 10.2 Å². The lowest BCUT2D eigenvalue weighted by Crippen LogP contribution is -1.54. The van der Waals surface area contributed by atoms with Gasteiger partial charge in [-0.1, -0.05) is 12.2 Å². The van der Waals surface area contributed by atoms with Crippen LogP contribution in [0.2, 0.25) is 0 Å². The summed E-state index contributed by atoms with van der Waals surface area (Å²) in [6.45, 7) is 0. The molecule has 0 aromatic carbocycles. The van der Waals surface area contributed by atoms with Gasteiger partial charge >= 0.3 is 0 Å². The molecule has 0 aromatic heterocycles. The SMILES string of the molecule is [2H]C1=CC=CC=CN=N1. The molecule has 2 nitrogen and oxygen atoms in total. The summed E-state index contributed by atoms with van der Waals surface area (Å²) in [4.78, 5) is 0. The minimum absolute atomic E-state index is 0.176. The first kappa shape index (κ1) is 3.78. The van der Waals surface area contributed by atoms with Crippen molar-refractivity contribution in [3.63, 3.8) is 0 Å². The zero-order valence-electron chi connectivity index (χ0n) is 5.28. The van der Waals surface area contributed by atoms with Gasteiger partial charge in [0, 0.05) is 12.4 Å². The van der Waals surface area contributed by atoms with Crippen molar-refractivity contribution in [2.24, 2.45) is 10.2 Å². The van der Waals surface area contributed by atoms with Gasteiger partial charge in [0.15, 0.2) is 0 Å². The standard InChI is InChI=1S/C6H6N2/c1-2-4-6-8-7-5-3-1/h1-6H/i5D. The van der Waals surface area contributed by atoms with E-state index in [0.717, 1.165) is 0 Å². The Kier molecular flexibility index (Phi) is 1.37. The molecule has 1 heterocycles. The fraction of sp³-hybridized carbons (Fsp3) is 0. The van der Waals surface area contributed by atoms with Gasteiger partial charge in [-0.15, -0.1) is 0 Å². The molecule has 0 bridgehead atoms. The van der Waals surface area contributed by atoms with E-state index in [9.17, 15) is 0 Å². The highest BCUT2D eigenvalue weighted by atomic mass is 15.1. The molecule has 1 aliphatic rings. The molecule has 0 unspecified atom stereocenters. The first-order chi connectivity index (χ1) is 4.39. The van der Waals surface area contributed by atoms with Crippen molar-refractivity contribution in [2.45, 2.75) is 0 Å². The van der Waals surface area contributed by atoms with Crippen molar-refractivity contribution in [1.29, 1.82) is 0 Å². The maximum Gasteiger partial charge on any atom is 0.0860 e. The van der Waals surface area contributed by atoms with E-state index in [1.54, 1.807) is 24.3 Å². The van der Waals surface area contributed by atoms with E-state index in [0.29, 0.717) is 0 Å². The number of hydrogen-bond acceptors (Lipinski definition) is 2. The zero-order chi connectivity index (χ0) is 6.53. The fourth-order valence-corrected chi connectivity index (χ4v) is 0.351. The van der Waals surface area contributed by atoms with E-state index in [4.69, 9.17) is 1.37 Å². The van der Waals surface area contributed by atoms with E-state index in [2.05, 4.69) is 10.2 Å². The third kappa shape index (κ3) is 1.51. The summed E-state index contributed by atoms with van der Waals surface area (Å²) in [5, 5.41) is 7.05. The number of rotatable bonds is 0. The molecule has 0 fully saturated rings. The van der Waals surface area contributed by atoms with E-state index in [1.807, 2.05) is 0 Å². The van der Waals surface area contributed by atoms with Crippen molar-refractivity contribution >= 4 is 0 Å². The van der Waals surface area contributed by atoms with Crippen molar-refractivity contribution < 1.29 is 1.37 Å². The number of allylic oxidation sites excluding steroid dienone is 4. The Morgan fingerprint density at radius 2 is 1.88 bits per heavy atom. The van der Waals surface area contributed by atoms with Crippen molar-refractivity contribution in [1.82, 2.24) is 0 Å². The van der Waals surface area contributed by atoms with Crippen LogP contribution < -0.4 is 0 Å². The summed E-state index contributed by atoms with van der Waals surface area (Å²) < 4.78 is 7.02. The van der Waals surface area contributed by atoms with Crippen LogP contribution >= 0.6 is 0 Å². The molecule has 40 valence electrons. The van der Waals surface area contributed by atoms with E-state index in [-0.39, 0.29) is 6.18 Å². The van der Waals surface area contributed by atoms with Gasteiger partial charge in [-0.25, -0.2) is 0 Å². The summed E-state index contributed by atoms with van der Waals surface area (Å²) in [6, 6.07) is 0. The average Bonchev–Trinajstić information content (AvgIpc) is 1.79. The van der Waals surface area contributed by atoms with Gasteiger partial charge < -0.3 is 0 Å². The molecule has 0 radical (unpaired) electrons. The molecular formula is C6H6N2. The average molecular weight is 107 g/mol. The van der Waals surface area contributed by atoms with Gasteiger partial charge in [-0.3, -0.25) is 0 Å². The maximum atomic E-state index is 7.02. The van der Waals surface area contributed by atoms with Gasteiger partial charge in [0.25, 0.3) is 0 Å². The highest BCUT2D eigenvalue weighted by molar-refractivity contribution is 5.11. The molecular weight excluding hydrogens is 100 g/mol. The Morgan fingerprint density at radius 3 is 2.88 bits per heavy atom. The zero-order valence-corrected chi connectivity index (χ0v) is 4.28. The lowest BCUT2D eigenvalue weighted by Gasteiger charge is -1.76. The number of nitrogens with zero attached hydrogens (tertiary/aromatic N) is 2. The molecule has 1 aliphatic heterocycles. The lowest BCUT2D eigenvalue weighted by molar-refractivity contribution is 1.22. The molecule has 0 aliphatic carbocycles. The van der Waals surface area contributed by atoms with E-state index >= 15 is 0 Å². The van der Waals surface area contributed by atoms with Gasteiger partial charge in [0.1, 0.15) is 0 Å². The van der Waals surface area contributed by atoms with Crippen LogP contribution in [-0.4, -0.2) is 0 Å². The minimum atomic E-state index is 0.176. The Bertz CT molecular complexity index is 201. The van der Waals surface area contributed by atoms with Crippen LogP contribution in [-0.2, 0) is 0 Å². The van der Waals surface area contributed by atoms with Crippen LogP contribution in [0.3, 0.4) is 0 Å². The second kappa shape index (κ2) is 2.91. The molecule has 0 saturated carbocycles. The predicted octanol–water partition coefficient (Wildman–Crippen LogP) is 2.04. The maximum absolute atomic E-state index is 7.02. The summed E-state index contributed by atoms with van der Waals surface area (Å²) in [7, 11) is 0. The summed E-state index contributed by atoms with van der Waals surface area (Å²) >= 11 is 0. The second-order valence-corrected chi connectivity index (χ2v) is 1.24. The Morgan fingerprint density at radius 1 is 1.00 bits per heavy atom. The quantitative estimate of drug-likeness (QED) is 0.452. The predicted molar refractivity (Wildman–Crippen MR) is 32.3 cm³/mol. The van der Waals surface area contributed by atoms with E-state index < -0.39 is 0 Å². The molecule has 0 spiro atoms.